The first-order valence-electron chi connectivity index (χ1n) is 30.6. The van der Waals surface area contributed by atoms with E-state index in [1.165, 1.54) is 27.7 Å². The van der Waals surface area contributed by atoms with Crippen LogP contribution < -0.4 is 71.2 Å². The maximum absolute atomic E-state index is 14.6. The number of amides is 8. The number of ether oxygens (including phenoxy) is 1. The summed E-state index contributed by atoms with van der Waals surface area (Å²) in [5.41, 5.74) is 28.8. The number of benzene rings is 1. The number of carbonyl (C=O) groups excluding carboxylic acids is 12. The number of esters is 1. The Morgan fingerprint density at radius 3 is 1.74 bits per heavy atom. The van der Waals surface area contributed by atoms with Gasteiger partial charge in [0.1, 0.15) is 24.2 Å². The molecule has 1 aromatic carbocycles. The molecule has 1 aromatic rings. The van der Waals surface area contributed by atoms with Gasteiger partial charge in [-0.3, -0.25) is 57.5 Å². The summed E-state index contributed by atoms with van der Waals surface area (Å²) in [4.78, 5) is 168. The first-order valence-corrected chi connectivity index (χ1v) is 30.6. The first-order chi connectivity index (χ1) is 41.5. The highest BCUT2D eigenvalue weighted by molar-refractivity contribution is 5.99. The molecule has 0 radical (unpaired) electrons. The summed E-state index contributed by atoms with van der Waals surface area (Å²) in [7, 11) is 0. The number of nitrogens with one attached hydrogen (secondary N) is 8. The van der Waals surface area contributed by atoms with Crippen molar-refractivity contribution in [3.8, 4) is 0 Å². The summed E-state index contributed by atoms with van der Waals surface area (Å²) in [6.45, 7) is 11.6. The summed E-state index contributed by atoms with van der Waals surface area (Å²) >= 11 is 0. The molecule has 1 aliphatic rings. The number of Topliss-reactive ketones (excluding diaryl/α,β-unsaturated/α-hetero) is 3. The average Bonchev–Trinajstić information content (AvgIpc) is 3.56. The average molecular weight is 1240 g/mol. The molecule has 0 spiro atoms. The van der Waals surface area contributed by atoms with Crippen LogP contribution in [0.1, 0.15) is 138 Å². The lowest BCUT2D eigenvalue weighted by atomic mass is 9.88. The van der Waals surface area contributed by atoms with Gasteiger partial charge >= 0.3 is 5.97 Å². The van der Waals surface area contributed by atoms with Gasteiger partial charge in [0.2, 0.25) is 47.3 Å². The number of carbonyl (C=O) groups is 12. The van der Waals surface area contributed by atoms with Crippen molar-refractivity contribution in [1.29, 1.82) is 0 Å². The number of hydrogen-bond acceptors (Lipinski definition) is 20. The third-order valence-electron chi connectivity index (χ3n) is 15.2. The highest BCUT2D eigenvalue weighted by Crippen LogP contribution is 2.25. The van der Waals surface area contributed by atoms with E-state index in [1.807, 2.05) is 6.92 Å². The zero-order valence-electron chi connectivity index (χ0n) is 52.5. The maximum atomic E-state index is 14.6. The third kappa shape index (κ3) is 26.5. The van der Waals surface area contributed by atoms with Crippen LogP contribution in [0.4, 0.5) is 0 Å². The van der Waals surface area contributed by atoms with Crippen LogP contribution in [0.3, 0.4) is 0 Å². The van der Waals surface area contributed by atoms with Crippen LogP contribution in [0.15, 0.2) is 30.3 Å². The minimum absolute atomic E-state index is 0.0631. The molecule has 0 saturated carbocycles. The molecular weight excluding hydrogens is 1140 g/mol. The van der Waals surface area contributed by atoms with E-state index in [2.05, 4.69) is 42.5 Å². The molecule has 1 aliphatic heterocycles. The van der Waals surface area contributed by atoms with Crippen LogP contribution in [0, 0.1) is 29.1 Å². The molecule has 0 aromatic heterocycles. The van der Waals surface area contributed by atoms with Crippen molar-refractivity contribution in [1.82, 2.24) is 42.5 Å². The van der Waals surface area contributed by atoms with Crippen molar-refractivity contribution in [2.45, 2.75) is 199 Å². The van der Waals surface area contributed by atoms with E-state index in [0.29, 0.717) is 12.0 Å². The van der Waals surface area contributed by atoms with Crippen molar-refractivity contribution in [3.63, 3.8) is 0 Å². The van der Waals surface area contributed by atoms with Crippen LogP contribution in [0.2, 0.25) is 0 Å². The molecule has 1 saturated heterocycles. The monoisotopic (exact) mass is 1240 g/mol. The second-order valence-electron chi connectivity index (χ2n) is 23.9. The van der Waals surface area contributed by atoms with E-state index in [-0.39, 0.29) is 96.4 Å². The van der Waals surface area contributed by atoms with Gasteiger partial charge in [-0.05, 0) is 130 Å². The van der Waals surface area contributed by atoms with Crippen LogP contribution in [-0.2, 0) is 68.7 Å². The van der Waals surface area contributed by atoms with Gasteiger partial charge in [-0.25, -0.2) is 0 Å². The second-order valence-corrected chi connectivity index (χ2v) is 23.9. The summed E-state index contributed by atoms with van der Waals surface area (Å²) in [5, 5.41) is 42.7. The fraction of sp³-hybridized carbons (Fsp3) is 0.700. The highest BCUT2D eigenvalue weighted by Gasteiger charge is 2.39. The zero-order chi connectivity index (χ0) is 66.4. The summed E-state index contributed by atoms with van der Waals surface area (Å²) in [6.07, 6.45) is -6.14. The number of aliphatic hydroxyl groups excluding tert-OH is 2. The van der Waals surface area contributed by atoms with E-state index >= 15 is 0 Å². The quantitative estimate of drug-likeness (QED) is 0.0346. The van der Waals surface area contributed by atoms with Crippen molar-refractivity contribution in [2.75, 3.05) is 39.3 Å². The number of ketones is 3. The lowest BCUT2D eigenvalue weighted by molar-refractivity contribution is -0.160. The Labute approximate surface area is 516 Å². The fourth-order valence-electron chi connectivity index (χ4n) is 9.79. The van der Waals surface area contributed by atoms with Gasteiger partial charge in [0, 0.05) is 50.5 Å². The van der Waals surface area contributed by atoms with Crippen molar-refractivity contribution < 1.29 is 72.5 Å². The predicted molar refractivity (Wildman–Crippen MR) is 326 cm³/mol. The van der Waals surface area contributed by atoms with Crippen LogP contribution >= 0.6 is 0 Å². The van der Waals surface area contributed by atoms with Gasteiger partial charge in [0.05, 0.1) is 47.8 Å². The molecule has 0 aliphatic carbocycles. The van der Waals surface area contributed by atoms with Crippen molar-refractivity contribution in [3.05, 3.63) is 35.9 Å². The molecule has 28 nitrogen and oxygen atoms in total. The Morgan fingerprint density at radius 1 is 0.648 bits per heavy atom. The summed E-state index contributed by atoms with van der Waals surface area (Å²) in [6, 6.07) is -1.14. The molecule has 496 valence electrons. The van der Waals surface area contributed by atoms with Gasteiger partial charge in [-0.2, -0.15) is 0 Å². The lowest BCUT2D eigenvalue weighted by Crippen LogP contribution is -2.59. The van der Waals surface area contributed by atoms with Crippen molar-refractivity contribution >= 4 is 70.6 Å². The molecular formula is C60H101N13O15. The van der Waals surface area contributed by atoms with Gasteiger partial charge in [0.25, 0.3) is 0 Å². The highest BCUT2D eigenvalue weighted by atomic mass is 16.5. The summed E-state index contributed by atoms with van der Waals surface area (Å²) in [5.74, 6) is -13.9. The Kier molecular flexibility index (Phi) is 34.5. The van der Waals surface area contributed by atoms with E-state index < -0.39 is 180 Å². The molecule has 1 fully saturated rings. The molecule has 1 heterocycles. The molecule has 20 N–H and O–H groups in total. The number of nitrogens with two attached hydrogens (primary N) is 5. The molecule has 0 bridgehead atoms. The smallest absolute Gasteiger partial charge is 0.312 e. The number of rotatable bonds is 30. The minimum Gasteiger partial charge on any atom is -0.462 e. The van der Waals surface area contributed by atoms with E-state index in [9.17, 15) is 67.7 Å². The molecule has 3 unspecified atom stereocenters. The Balaban J connectivity index is 2.69. The first kappa shape index (κ1) is 77.3. The molecule has 13 atom stereocenters. The van der Waals surface area contributed by atoms with E-state index in [4.69, 9.17) is 33.4 Å². The lowest BCUT2D eigenvalue weighted by Gasteiger charge is -2.28. The van der Waals surface area contributed by atoms with E-state index in [0.717, 1.165) is 0 Å². The molecule has 88 heavy (non-hydrogen) atoms. The van der Waals surface area contributed by atoms with Gasteiger partial charge in [-0.1, -0.05) is 51.1 Å². The van der Waals surface area contributed by atoms with Crippen LogP contribution in [0.25, 0.3) is 0 Å². The SMILES string of the molecule is CCC(C)OC(=O)C(C)(C)CC(=O)N[C@@H](CCN)C(=O)C[C@H](C(=O)N[C@@H](CCN)C(=O)C[C@H]1CCNC(=O)[C@H](C(C)O)NC(=O)[C@H](CCN)CC(=O)[C@H](CCN)NC(=O)[C@H](CC(C)C)NC(=O)[C@@H](Cc2ccccc2)NC(=O)[C@H](CCN)NC1=O)C(C)O. The Hall–Kier alpha value is -6.82. The van der Waals surface area contributed by atoms with E-state index in [1.54, 1.807) is 51.1 Å². The normalized spacial score (nSPS) is 22.8. The van der Waals surface area contributed by atoms with Crippen LogP contribution in [0.5, 0.6) is 0 Å². The zero-order valence-corrected chi connectivity index (χ0v) is 52.5. The Morgan fingerprint density at radius 2 is 1.18 bits per heavy atom. The predicted octanol–water partition coefficient (Wildman–Crippen LogP) is -2.82. The third-order valence-corrected chi connectivity index (χ3v) is 15.2. The maximum Gasteiger partial charge on any atom is 0.312 e. The Bertz CT molecular complexity index is 2480. The van der Waals surface area contributed by atoms with Gasteiger partial charge in [0.15, 0.2) is 17.3 Å². The van der Waals surface area contributed by atoms with Crippen molar-refractivity contribution in [2.24, 2.45) is 57.8 Å². The largest absolute Gasteiger partial charge is 0.462 e. The molecule has 8 amide bonds. The fourth-order valence-corrected chi connectivity index (χ4v) is 9.79. The van der Waals surface area contributed by atoms with Crippen LogP contribution in [-0.4, -0.2) is 181 Å². The van der Waals surface area contributed by atoms with Gasteiger partial charge in [-0.15, -0.1) is 0 Å². The van der Waals surface area contributed by atoms with Gasteiger partial charge < -0.3 is 86.2 Å². The molecule has 28 heteroatoms. The number of aliphatic hydroxyl groups is 2. The topological polar surface area (TPSA) is 481 Å². The molecule has 2 rings (SSSR count). The second kappa shape index (κ2) is 39.2. The standard InChI is InChI=1S/C60H101N13O15/c1-9-34(4)88-59(87)60(7,8)32-50(79)67-41(16-22-62)49(78)31-40(35(5)74)54(82)68-42(17-23-63)48(77)30-39-20-26-66-58(86)51(36(6)75)73-53(81)38(15-21-61)29-47(76)43(18-24-64)69-56(84)45(27-33(2)3)71-57(85)46(28-37-13-11-10-12-14-37)72-55(83)44(19-25-65)70-52(39)80/h10-14,33-36,38-46,51,74-75H,9,15-32,61-65H2,1-8H3,(H,66,86)(H,67,79)(H,68,82)(H,69,84)(H,70,80)(H,71,85)(H,72,83)(H,73,81)/t34?,35?,36?,38-,39-,40+,41+,42+,43+,44+,45+,46-,51+/m1/s1. The number of hydrogen-bond donors (Lipinski definition) is 15. The summed E-state index contributed by atoms with van der Waals surface area (Å²) < 4.78 is 5.42. The minimum atomic E-state index is -1.64.